The molecule has 0 aliphatic carbocycles. The van der Waals surface area contributed by atoms with Gasteiger partial charge in [0.15, 0.2) is 0 Å². The number of ether oxygens (including phenoxy) is 1. The molecule has 1 atom stereocenters. The average Bonchev–Trinajstić information content (AvgIpc) is 2.85. The van der Waals surface area contributed by atoms with Crippen molar-refractivity contribution in [2.24, 2.45) is 0 Å². The Kier molecular flexibility index (Phi) is 3.89. The lowest BCUT2D eigenvalue weighted by Gasteiger charge is -2.22. The standard InChI is InChI=1S/C11H15NO2S2/c1-8-3-4-9(16-8)11-12(5-6-15-11)10(13)7-14-2/h3-4,11H,5-7H2,1-2H3/t11-/m0/s1. The SMILES string of the molecule is COCC(=O)N1CCS[C@H]1c1ccc(C)s1. The van der Waals surface area contributed by atoms with Gasteiger partial charge in [-0.05, 0) is 19.1 Å². The second kappa shape index (κ2) is 5.21. The normalized spacial score (nSPS) is 20.4. The smallest absolute Gasteiger partial charge is 0.249 e. The molecule has 1 aromatic heterocycles. The number of thiophene rings is 1. The van der Waals surface area contributed by atoms with Crippen LogP contribution in [0.4, 0.5) is 0 Å². The molecule has 2 rings (SSSR count). The second-order valence-electron chi connectivity index (χ2n) is 3.69. The van der Waals surface area contributed by atoms with Crippen LogP contribution in [0.5, 0.6) is 0 Å². The van der Waals surface area contributed by atoms with Gasteiger partial charge >= 0.3 is 0 Å². The summed E-state index contributed by atoms with van der Waals surface area (Å²) in [6, 6.07) is 4.23. The fraction of sp³-hybridized carbons (Fsp3) is 0.545. The molecule has 0 saturated carbocycles. The van der Waals surface area contributed by atoms with E-state index in [1.165, 1.54) is 9.75 Å². The number of carbonyl (C=O) groups excluding carboxylic acids is 1. The van der Waals surface area contributed by atoms with E-state index in [9.17, 15) is 4.79 Å². The van der Waals surface area contributed by atoms with Gasteiger partial charge in [-0.15, -0.1) is 23.1 Å². The summed E-state index contributed by atoms with van der Waals surface area (Å²) >= 11 is 3.60. The molecule has 5 heteroatoms. The summed E-state index contributed by atoms with van der Waals surface area (Å²) in [5, 5.41) is 0.196. The van der Waals surface area contributed by atoms with Gasteiger partial charge in [-0.2, -0.15) is 0 Å². The zero-order valence-electron chi connectivity index (χ0n) is 9.43. The molecular formula is C11H15NO2S2. The van der Waals surface area contributed by atoms with Crippen LogP contribution in [0.2, 0.25) is 0 Å². The maximum absolute atomic E-state index is 11.8. The van der Waals surface area contributed by atoms with Gasteiger partial charge in [-0.3, -0.25) is 4.79 Å². The van der Waals surface area contributed by atoms with Crippen LogP contribution in [0.1, 0.15) is 15.1 Å². The molecule has 16 heavy (non-hydrogen) atoms. The Bertz CT molecular complexity index is 378. The molecule has 0 bridgehead atoms. The van der Waals surface area contributed by atoms with Gasteiger partial charge in [0.1, 0.15) is 12.0 Å². The fourth-order valence-corrected chi connectivity index (χ4v) is 4.15. The van der Waals surface area contributed by atoms with Crippen molar-refractivity contribution < 1.29 is 9.53 Å². The molecule has 0 radical (unpaired) electrons. The Labute approximate surface area is 104 Å². The van der Waals surface area contributed by atoms with E-state index in [1.54, 1.807) is 18.4 Å². The Morgan fingerprint density at radius 1 is 1.62 bits per heavy atom. The van der Waals surface area contributed by atoms with Crippen LogP contribution in [-0.2, 0) is 9.53 Å². The molecule has 1 aromatic rings. The Balaban J connectivity index is 2.11. The first-order chi connectivity index (χ1) is 7.72. The number of hydrogen-bond acceptors (Lipinski definition) is 4. The van der Waals surface area contributed by atoms with Crippen molar-refractivity contribution in [1.29, 1.82) is 0 Å². The van der Waals surface area contributed by atoms with Crippen molar-refractivity contribution in [2.45, 2.75) is 12.3 Å². The van der Waals surface area contributed by atoms with Crippen LogP contribution < -0.4 is 0 Å². The predicted octanol–water partition coefficient (Wildman–Crippen LogP) is 2.28. The lowest BCUT2D eigenvalue weighted by molar-refractivity contribution is -0.135. The van der Waals surface area contributed by atoms with Crippen molar-refractivity contribution in [2.75, 3.05) is 26.0 Å². The Morgan fingerprint density at radius 2 is 2.44 bits per heavy atom. The van der Waals surface area contributed by atoms with Gasteiger partial charge in [0.2, 0.25) is 5.91 Å². The van der Waals surface area contributed by atoms with Gasteiger partial charge in [0, 0.05) is 29.2 Å². The molecule has 1 amide bonds. The van der Waals surface area contributed by atoms with Crippen LogP contribution in [0.25, 0.3) is 0 Å². The predicted molar refractivity (Wildman–Crippen MR) is 67.8 cm³/mol. The number of thioether (sulfide) groups is 1. The molecule has 0 unspecified atom stereocenters. The molecule has 0 aromatic carbocycles. The topological polar surface area (TPSA) is 29.5 Å². The molecular weight excluding hydrogens is 242 g/mol. The minimum absolute atomic E-state index is 0.0866. The summed E-state index contributed by atoms with van der Waals surface area (Å²) in [6.45, 7) is 3.10. The highest BCUT2D eigenvalue weighted by Gasteiger charge is 2.31. The van der Waals surface area contributed by atoms with E-state index in [0.29, 0.717) is 0 Å². The van der Waals surface area contributed by atoms with Gasteiger partial charge in [-0.25, -0.2) is 0 Å². The van der Waals surface area contributed by atoms with E-state index in [-0.39, 0.29) is 17.9 Å². The minimum Gasteiger partial charge on any atom is -0.375 e. The average molecular weight is 257 g/mol. The van der Waals surface area contributed by atoms with Crippen molar-refractivity contribution in [1.82, 2.24) is 4.90 Å². The summed E-state index contributed by atoms with van der Waals surface area (Å²) in [5.74, 6) is 1.10. The molecule has 1 saturated heterocycles. The highest BCUT2D eigenvalue weighted by atomic mass is 32.2. The van der Waals surface area contributed by atoms with E-state index < -0.39 is 0 Å². The van der Waals surface area contributed by atoms with Crippen LogP contribution in [0.15, 0.2) is 12.1 Å². The monoisotopic (exact) mass is 257 g/mol. The highest BCUT2D eigenvalue weighted by molar-refractivity contribution is 7.99. The third kappa shape index (κ3) is 2.42. The molecule has 1 fully saturated rings. The largest absolute Gasteiger partial charge is 0.375 e. The van der Waals surface area contributed by atoms with E-state index in [0.717, 1.165) is 12.3 Å². The third-order valence-electron chi connectivity index (χ3n) is 2.48. The van der Waals surface area contributed by atoms with E-state index in [2.05, 4.69) is 19.1 Å². The fourth-order valence-electron chi connectivity index (χ4n) is 1.75. The minimum atomic E-state index is 0.0866. The zero-order valence-corrected chi connectivity index (χ0v) is 11.1. The molecule has 88 valence electrons. The molecule has 1 aliphatic rings. The summed E-state index contributed by atoms with van der Waals surface area (Å²) < 4.78 is 4.91. The van der Waals surface area contributed by atoms with E-state index in [1.807, 2.05) is 16.7 Å². The first-order valence-corrected chi connectivity index (χ1v) is 7.05. The second-order valence-corrected chi connectivity index (χ2v) is 6.20. The van der Waals surface area contributed by atoms with Gasteiger partial charge in [0.25, 0.3) is 0 Å². The number of carbonyl (C=O) groups is 1. The van der Waals surface area contributed by atoms with Gasteiger partial charge in [0.05, 0.1) is 0 Å². The molecule has 0 spiro atoms. The first kappa shape index (κ1) is 12.0. The van der Waals surface area contributed by atoms with Crippen molar-refractivity contribution in [3.05, 3.63) is 21.9 Å². The van der Waals surface area contributed by atoms with Gasteiger partial charge in [-0.1, -0.05) is 0 Å². The van der Waals surface area contributed by atoms with Crippen LogP contribution in [-0.4, -0.2) is 36.8 Å². The summed E-state index contributed by atoms with van der Waals surface area (Å²) in [7, 11) is 1.56. The van der Waals surface area contributed by atoms with E-state index in [4.69, 9.17) is 4.74 Å². The first-order valence-electron chi connectivity index (χ1n) is 5.18. The number of aryl methyl sites for hydroxylation is 1. The number of amides is 1. The Hall–Kier alpha value is -0.520. The molecule has 1 aliphatic heterocycles. The number of hydrogen-bond donors (Lipinski definition) is 0. The van der Waals surface area contributed by atoms with Crippen LogP contribution in [0.3, 0.4) is 0 Å². The summed E-state index contributed by atoms with van der Waals surface area (Å²) in [4.78, 5) is 16.3. The number of nitrogens with zero attached hydrogens (tertiary/aromatic N) is 1. The summed E-state index contributed by atoms with van der Waals surface area (Å²) in [5.41, 5.74) is 0. The summed E-state index contributed by atoms with van der Waals surface area (Å²) in [6.07, 6.45) is 0. The number of rotatable bonds is 3. The maximum atomic E-state index is 11.8. The van der Waals surface area contributed by atoms with Gasteiger partial charge < -0.3 is 9.64 Å². The lowest BCUT2D eigenvalue weighted by Crippen LogP contribution is -2.32. The lowest BCUT2D eigenvalue weighted by atomic mass is 10.4. The van der Waals surface area contributed by atoms with Crippen molar-refractivity contribution in [3.63, 3.8) is 0 Å². The number of methoxy groups -OCH3 is 1. The molecule has 3 nitrogen and oxygen atoms in total. The van der Waals surface area contributed by atoms with Crippen LogP contribution in [0, 0.1) is 6.92 Å². The maximum Gasteiger partial charge on any atom is 0.249 e. The zero-order chi connectivity index (χ0) is 11.5. The molecule has 2 heterocycles. The highest BCUT2D eigenvalue weighted by Crippen LogP contribution is 2.40. The van der Waals surface area contributed by atoms with Crippen LogP contribution >= 0.6 is 23.1 Å². The molecule has 0 N–H and O–H groups in total. The quantitative estimate of drug-likeness (QED) is 0.832. The Morgan fingerprint density at radius 3 is 3.06 bits per heavy atom. The van der Waals surface area contributed by atoms with E-state index >= 15 is 0 Å². The van der Waals surface area contributed by atoms with Crippen molar-refractivity contribution in [3.8, 4) is 0 Å². The van der Waals surface area contributed by atoms with Crippen molar-refractivity contribution >= 4 is 29.0 Å². The third-order valence-corrected chi connectivity index (χ3v) is 4.93.